The number of carbonyl (C=O) groups excluding carboxylic acids is 3. The van der Waals surface area contributed by atoms with Crippen LogP contribution >= 0.6 is 0 Å². The van der Waals surface area contributed by atoms with Gasteiger partial charge in [0, 0.05) is 31.1 Å². The average molecular weight is 498 g/mol. The van der Waals surface area contributed by atoms with Crippen LogP contribution in [0.15, 0.2) is 54.6 Å². The molecule has 186 valence electrons. The maximum atomic E-state index is 12.8. The molecule has 0 radical (unpaired) electrons. The zero-order valence-corrected chi connectivity index (χ0v) is 20.6. The molecule has 2 aliphatic heterocycles. The number of imide groups is 1. The van der Waals surface area contributed by atoms with Crippen molar-refractivity contribution in [3.05, 3.63) is 65.7 Å². The average Bonchev–Trinajstić information content (AvgIpc) is 2.85. The summed E-state index contributed by atoms with van der Waals surface area (Å²) < 4.78 is 27.0. The molecule has 0 saturated carbocycles. The fraction of sp³-hybridized carbons (Fsp3) is 0.423. The number of hydrogen-bond acceptors (Lipinski definition) is 5. The normalized spacial score (nSPS) is 22.0. The van der Waals surface area contributed by atoms with Crippen molar-refractivity contribution in [1.82, 2.24) is 9.62 Å². The van der Waals surface area contributed by atoms with Crippen LogP contribution in [0.5, 0.6) is 0 Å². The lowest BCUT2D eigenvalue weighted by Crippen LogP contribution is -2.51. The smallest absolute Gasteiger partial charge is 0.237 e. The van der Waals surface area contributed by atoms with Gasteiger partial charge < -0.3 is 5.32 Å². The molecule has 35 heavy (non-hydrogen) atoms. The number of nitrogens with one attached hydrogen (secondary N) is 2. The highest BCUT2D eigenvalue weighted by atomic mass is 32.2. The first-order valence-electron chi connectivity index (χ1n) is 12.0. The molecule has 0 spiro atoms. The van der Waals surface area contributed by atoms with E-state index in [1.165, 1.54) is 4.31 Å². The highest BCUT2D eigenvalue weighted by molar-refractivity contribution is 7.88. The first-order chi connectivity index (χ1) is 16.7. The molecule has 2 N–H and O–H groups in total. The summed E-state index contributed by atoms with van der Waals surface area (Å²) in [6.45, 7) is 2.57. The van der Waals surface area contributed by atoms with Gasteiger partial charge in [0.25, 0.3) is 0 Å². The molecule has 9 heteroatoms. The number of anilines is 1. The molecule has 2 fully saturated rings. The molecule has 0 aliphatic carbocycles. The number of amides is 3. The molecule has 2 aromatic rings. The minimum Gasteiger partial charge on any atom is -0.326 e. The van der Waals surface area contributed by atoms with Crippen molar-refractivity contribution in [3.63, 3.8) is 0 Å². The van der Waals surface area contributed by atoms with Gasteiger partial charge in [0.2, 0.25) is 27.7 Å². The van der Waals surface area contributed by atoms with Gasteiger partial charge in [-0.05, 0) is 48.9 Å². The van der Waals surface area contributed by atoms with E-state index >= 15 is 0 Å². The van der Waals surface area contributed by atoms with Gasteiger partial charge in [-0.1, -0.05) is 49.4 Å². The number of nitrogens with zero attached hydrogens (tertiary/aromatic N) is 1. The summed E-state index contributed by atoms with van der Waals surface area (Å²) in [4.78, 5) is 37.0. The standard InChI is InChI=1S/C26H31N3O5S/c1-2-26(15-12-23(30)28-25(26)32)21-8-10-22(11-9-21)27-24(31)20-13-16-29(17-14-20)35(33,34)18-19-6-4-3-5-7-19/h3-11,20H,2,12-18H2,1H3,(H,27,31)(H,28,30,32). The second-order valence-electron chi connectivity index (χ2n) is 9.29. The van der Waals surface area contributed by atoms with Crippen molar-refractivity contribution in [2.24, 2.45) is 5.92 Å². The molecule has 2 aliphatic rings. The van der Waals surface area contributed by atoms with Crippen LogP contribution in [0.1, 0.15) is 50.2 Å². The second-order valence-corrected chi connectivity index (χ2v) is 11.3. The van der Waals surface area contributed by atoms with E-state index in [-0.39, 0.29) is 29.4 Å². The summed E-state index contributed by atoms with van der Waals surface area (Å²) in [5, 5.41) is 5.37. The predicted octanol–water partition coefficient (Wildman–Crippen LogP) is 2.95. The van der Waals surface area contributed by atoms with Crippen LogP contribution in [0.25, 0.3) is 0 Å². The van der Waals surface area contributed by atoms with Crippen molar-refractivity contribution in [1.29, 1.82) is 0 Å². The maximum Gasteiger partial charge on any atom is 0.237 e. The van der Waals surface area contributed by atoms with Gasteiger partial charge in [0.15, 0.2) is 0 Å². The topological polar surface area (TPSA) is 113 Å². The van der Waals surface area contributed by atoms with Gasteiger partial charge in [-0.3, -0.25) is 19.7 Å². The van der Waals surface area contributed by atoms with Crippen molar-refractivity contribution < 1.29 is 22.8 Å². The molecule has 1 atom stereocenters. The van der Waals surface area contributed by atoms with Crippen molar-refractivity contribution in [3.8, 4) is 0 Å². The van der Waals surface area contributed by atoms with Crippen LogP contribution in [0.2, 0.25) is 0 Å². The molecule has 0 bridgehead atoms. The number of hydrogen-bond donors (Lipinski definition) is 2. The Labute approximate surface area is 206 Å². The van der Waals surface area contributed by atoms with E-state index in [1.54, 1.807) is 24.3 Å². The number of carbonyl (C=O) groups is 3. The Hall–Kier alpha value is -3.04. The number of sulfonamides is 1. The maximum absolute atomic E-state index is 12.8. The summed E-state index contributed by atoms with van der Waals surface area (Å²) in [5.41, 5.74) is 1.45. The van der Waals surface area contributed by atoms with Crippen LogP contribution in [-0.4, -0.2) is 43.5 Å². The first kappa shape index (κ1) is 25.1. The molecule has 2 aromatic carbocycles. The van der Waals surface area contributed by atoms with Crippen LogP contribution in [0, 0.1) is 5.92 Å². The molecular formula is C26H31N3O5S. The Morgan fingerprint density at radius 3 is 2.31 bits per heavy atom. The lowest BCUT2D eigenvalue weighted by atomic mass is 9.72. The summed E-state index contributed by atoms with van der Waals surface area (Å²) in [6.07, 6.45) is 2.27. The Balaban J connectivity index is 1.34. The lowest BCUT2D eigenvalue weighted by Gasteiger charge is -2.35. The quantitative estimate of drug-likeness (QED) is 0.571. The Morgan fingerprint density at radius 1 is 1.06 bits per heavy atom. The van der Waals surface area contributed by atoms with Crippen molar-refractivity contribution >= 4 is 33.4 Å². The molecule has 0 aromatic heterocycles. The summed E-state index contributed by atoms with van der Waals surface area (Å²) >= 11 is 0. The Morgan fingerprint density at radius 2 is 1.71 bits per heavy atom. The highest BCUT2D eigenvalue weighted by Gasteiger charge is 2.42. The van der Waals surface area contributed by atoms with Gasteiger partial charge in [-0.15, -0.1) is 0 Å². The molecule has 3 amide bonds. The SMILES string of the molecule is CCC1(c2ccc(NC(=O)C3CCN(S(=O)(=O)Cc4ccccc4)CC3)cc2)CCC(=O)NC1=O. The monoisotopic (exact) mass is 497 g/mol. The van der Waals surface area contributed by atoms with Gasteiger partial charge >= 0.3 is 0 Å². The zero-order chi connectivity index (χ0) is 25.1. The van der Waals surface area contributed by atoms with Gasteiger partial charge in [0.1, 0.15) is 0 Å². The lowest BCUT2D eigenvalue weighted by molar-refractivity contribution is -0.138. The number of piperidine rings is 2. The fourth-order valence-corrected chi connectivity index (χ4v) is 6.52. The number of benzene rings is 2. The van der Waals surface area contributed by atoms with Crippen LogP contribution in [0.4, 0.5) is 5.69 Å². The van der Waals surface area contributed by atoms with E-state index in [9.17, 15) is 22.8 Å². The van der Waals surface area contributed by atoms with Gasteiger partial charge in [-0.25, -0.2) is 12.7 Å². The molecule has 8 nitrogen and oxygen atoms in total. The van der Waals surface area contributed by atoms with E-state index < -0.39 is 15.4 Å². The zero-order valence-electron chi connectivity index (χ0n) is 19.8. The largest absolute Gasteiger partial charge is 0.326 e. The first-order valence-corrected chi connectivity index (χ1v) is 13.6. The third-order valence-electron chi connectivity index (χ3n) is 7.19. The summed E-state index contributed by atoms with van der Waals surface area (Å²) in [6, 6.07) is 16.3. The molecule has 2 saturated heterocycles. The van der Waals surface area contributed by atoms with Crippen LogP contribution < -0.4 is 10.6 Å². The van der Waals surface area contributed by atoms with Crippen molar-refractivity contribution in [2.75, 3.05) is 18.4 Å². The van der Waals surface area contributed by atoms with E-state index in [2.05, 4.69) is 10.6 Å². The third-order valence-corrected chi connectivity index (χ3v) is 9.04. The minimum absolute atomic E-state index is 0.0392. The number of rotatable bonds is 7. The van der Waals surface area contributed by atoms with E-state index in [4.69, 9.17) is 0 Å². The molecule has 1 unspecified atom stereocenters. The van der Waals surface area contributed by atoms with Crippen molar-refractivity contribution in [2.45, 2.75) is 50.2 Å². The molecular weight excluding hydrogens is 466 g/mol. The fourth-order valence-electron chi connectivity index (χ4n) is 4.96. The minimum atomic E-state index is -3.43. The van der Waals surface area contributed by atoms with Crippen LogP contribution in [-0.2, 0) is 35.6 Å². The van der Waals surface area contributed by atoms with E-state index in [1.807, 2.05) is 37.3 Å². The van der Waals surface area contributed by atoms with Gasteiger partial charge in [-0.2, -0.15) is 0 Å². The Bertz CT molecular complexity index is 1190. The predicted molar refractivity (Wildman–Crippen MR) is 133 cm³/mol. The van der Waals surface area contributed by atoms with E-state index in [0.29, 0.717) is 50.9 Å². The van der Waals surface area contributed by atoms with Gasteiger partial charge in [0.05, 0.1) is 11.2 Å². The molecule has 2 heterocycles. The highest BCUT2D eigenvalue weighted by Crippen LogP contribution is 2.36. The third kappa shape index (κ3) is 5.46. The summed E-state index contributed by atoms with van der Waals surface area (Å²) in [5.74, 6) is -0.967. The van der Waals surface area contributed by atoms with E-state index in [0.717, 1.165) is 11.1 Å². The van der Waals surface area contributed by atoms with Crippen LogP contribution in [0.3, 0.4) is 0 Å². The Kier molecular flexibility index (Phi) is 7.37. The summed E-state index contributed by atoms with van der Waals surface area (Å²) in [7, 11) is -3.43. The molecule has 4 rings (SSSR count). The second kappa shape index (κ2) is 10.3.